The Labute approximate surface area is 313 Å². The minimum atomic E-state index is -2.15. The van der Waals surface area contributed by atoms with Gasteiger partial charge in [0, 0.05) is 20.1 Å². The van der Waals surface area contributed by atoms with Crippen molar-refractivity contribution in [3.8, 4) is 5.75 Å². The van der Waals surface area contributed by atoms with Gasteiger partial charge in [-0.05, 0) is 73.9 Å². The number of ether oxygens (including phenoxy) is 2. The predicted molar refractivity (Wildman–Crippen MR) is 209 cm³/mol. The molecule has 1 aromatic carbocycles. The first kappa shape index (κ1) is 44.4. The largest absolute Gasteiger partial charge is 0.543 e. The van der Waals surface area contributed by atoms with E-state index in [1.807, 2.05) is 44.2 Å². The number of carbonyl (C=O) groups excluding carboxylic acids is 4. The van der Waals surface area contributed by atoms with Crippen molar-refractivity contribution in [2.75, 3.05) is 20.3 Å². The first-order valence-electron chi connectivity index (χ1n) is 18.5. The third-order valence-corrected chi connectivity index (χ3v) is 14.2. The van der Waals surface area contributed by atoms with E-state index in [9.17, 15) is 19.2 Å². The van der Waals surface area contributed by atoms with Gasteiger partial charge in [-0.1, -0.05) is 84.6 Å². The van der Waals surface area contributed by atoms with Crippen LogP contribution in [0.25, 0.3) is 0 Å². The fourth-order valence-corrected chi connectivity index (χ4v) is 6.57. The molecule has 0 aromatic heterocycles. The van der Waals surface area contributed by atoms with Crippen LogP contribution >= 0.6 is 0 Å². The van der Waals surface area contributed by atoms with Crippen molar-refractivity contribution in [3.63, 3.8) is 0 Å². The molecule has 2 rings (SSSR count). The molecule has 1 saturated heterocycles. The SMILES string of the molecule is C=C/C=C/CCOC(=O)[C@@H]1CCCN(C(=O)[C@H](Cc2cccc(O[Si](C)(C)C(C)(C)C)c2)NC(=O)[C@@H](NC(=O)[C@H](C)[C@@H](CCC=C)OC)C(C)C)N1. The highest BCUT2D eigenvalue weighted by atomic mass is 28.4. The van der Waals surface area contributed by atoms with Gasteiger partial charge in [0.1, 0.15) is 23.9 Å². The Morgan fingerprint density at radius 1 is 1.08 bits per heavy atom. The molecular formula is C40H64N4O7Si. The molecule has 11 nitrogen and oxygen atoms in total. The molecule has 0 radical (unpaired) electrons. The highest BCUT2D eigenvalue weighted by Gasteiger charge is 2.39. The summed E-state index contributed by atoms with van der Waals surface area (Å²) in [6, 6.07) is 4.95. The van der Waals surface area contributed by atoms with Crippen molar-refractivity contribution in [3.05, 3.63) is 67.3 Å². The van der Waals surface area contributed by atoms with E-state index in [-0.39, 0.29) is 36.0 Å². The third kappa shape index (κ3) is 13.7. The number of hydrogen-bond acceptors (Lipinski definition) is 8. The van der Waals surface area contributed by atoms with E-state index in [1.165, 1.54) is 5.01 Å². The molecule has 3 N–H and O–H groups in total. The highest BCUT2D eigenvalue weighted by molar-refractivity contribution is 6.74. The van der Waals surface area contributed by atoms with Crippen LogP contribution in [0.15, 0.2) is 61.7 Å². The van der Waals surface area contributed by atoms with Crippen LogP contribution in [-0.4, -0.2) is 81.5 Å². The molecule has 52 heavy (non-hydrogen) atoms. The van der Waals surface area contributed by atoms with Crippen molar-refractivity contribution in [1.82, 2.24) is 21.1 Å². The average Bonchev–Trinajstić information content (AvgIpc) is 3.09. The Bertz CT molecular complexity index is 1390. The second-order valence-electron chi connectivity index (χ2n) is 15.4. The van der Waals surface area contributed by atoms with Gasteiger partial charge in [0.05, 0.1) is 18.6 Å². The topological polar surface area (TPSA) is 135 Å². The van der Waals surface area contributed by atoms with Gasteiger partial charge in [-0.3, -0.25) is 24.2 Å². The first-order valence-corrected chi connectivity index (χ1v) is 21.4. The number of methoxy groups -OCH3 is 1. The lowest BCUT2D eigenvalue weighted by atomic mass is 9.96. The Morgan fingerprint density at radius 2 is 1.79 bits per heavy atom. The standard InChI is InChI=1S/C40H64N4O7Si/c1-12-14-16-17-25-50-39(48)32-22-19-24-44(43-32)38(47)33(27-30-20-18-21-31(26-30)51-52(10,11)40(6,7)8)41-37(46)35(28(3)4)42-36(45)29(5)34(49-9)23-15-13-2/h12-14,16,18,20-21,26,28-29,32-35,43H,1-2,15,17,19,22-25,27H2,3-11H3,(H,41,46)(H,42,45)/b16-14+/t29-,32+,33+,34-,35+/m1/s1. The van der Waals surface area contributed by atoms with Crippen LogP contribution in [0, 0.1) is 11.8 Å². The number of rotatable bonds is 20. The summed E-state index contributed by atoms with van der Waals surface area (Å²) in [5, 5.41) is 7.27. The van der Waals surface area contributed by atoms with E-state index in [2.05, 4.69) is 63.1 Å². The van der Waals surface area contributed by atoms with Crippen LogP contribution in [0.3, 0.4) is 0 Å². The van der Waals surface area contributed by atoms with Gasteiger partial charge in [0.25, 0.3) is 5.91 Å². The number of allylic oxidation sites excluding steroid dienone is 3. The zero-order chi connectivity index (χ0) is 39.1. The molecule has 12 heteroatoms. The van der Waals surface area contributed by atoms with Crippen molar-refractivity contribution < 1.29 is 33.1 Å². The molecule has 0 bridgehead atoms. The van der Waals surface area contributed by atoms with Crippen molar-refractivity contribution in [2.45, 2.75) is 122 Å². The lowest BCUT2D eigenvalue weighted by Gasteiger charge is -2.36. The van der Waals surface area contributed by atoms with Gasteiger partial charge in [-0.25, -0.2) is 5.43 Å². The molecule has 0 aliphatic carbocycles. The number of hydrazine groups is 1. The molecule has 0 unspecified atom stereocenters. The molecule has 0 spiro atoms. The molecule has 1 aliphatic rings. The van der Waals surface area contributed by atoms with E-state index in [0.29, 0.717) is 44.4 Å². The maximum Gasteiger partial charge on any atom is 0.324 e. The average molecular weight is 741 g/mol. The first-order chi connectivity index (χ1) is 24.4. The van der Waals surface area contributed by atoms with Gasteiger partial charge in [-0.2, -0.15) is 0 Å². The summed E-state index contributed by atoms with van der Waals surface area (Å²) in [5.74, 6) is -1.75. The molecular weight excluding hydrogens is 677 g/mol. The highest BCUT2D eigenvalue weighted by Crippen LogP contribution is 2.37. The second-order valence-corrected chi connectivity index (χ2v) is 20.1. The molecule has 0 saturated carbocycles. The lowest BCUT2D eigenvalue weighted by Crippen LogP contribution is -2.62. The predicted octanol–water partition coefficient (Wildman–Crippen LogP) is 6.03. The normalized spacial score (nSPS) is 17.5. The van der Waals surface area contributed by atoms with E-state index in [4.69, 9.17) is 13.9 Å². The van der Waals surface area contributed by atoms with E-state index in [1.54, 1.807) is 32.3 Å². The van der Waals surface area contributed by atoms with Crippen LogP contribution < -0.4 is 20.5 Å². The van der Waals surface area contributed by atoms with Gasteiger partial charge in [0.2, 0.25) is 20.1 Å². The van der Waals surface area contributed by atoms with Crippen LogP contribution in [0.4, 0.5) is 0 Å². The fraction of sp³-hybridized carbons (Fsp3) is 0.600. The van der Waals surface area contributed by atoms with E-state index >= 15 is 0 Å². The van der Waals surface area contributed by atoms with Gasteiger partial charge < -0.3 is 24.5 Å². The van der Waals surface area contributed by atoms with Gasteiger partial charge in [0.15, 0.2) is 0 Å². The Kier molecular flexibility index (Phi) is 18.0. The third-order valence-electron chi connectivity index (χ3n) is 9.85. The fourth-order valence-electron chi connectivity index (χ4n) is 5.55. The van der Waals surface area contributed by atoms with E-state index < -0.39 is 50.1 Å². The minimum absolute atomic E-state index is 0.0158. The number of nitrogens with zero attached hydrogens (tertiary/aromatic N) is 1. The van der Waals surface area contributed by atoms with Crippen molar-refractivity contribution >= 4 is 32.0 Å². The number of nitrogens with one attached hydrogen (secondary N) is 3. The summed E-state index contributed by atoms with van der Waals surface area (Å²) in [6.45, 7) is 24.3. The minimum Gasteiger partial charge on any atom is -0.543 e. The zero-order valence-corrected chi connectivity index (χ0v) is 34.0. The zero-order valence-electron chi connectivity index (χ0n) is 33.0. The Morgan fingerprint density at radius 3 is 2.40 bits per heavy atom. The molecule has 1 heterocycles. The van der Waals surface area contributed by atoms with Gasteiger partial charge >= 0.3 is 5.97 Å². The number of esters is 1. The van der Waals surface area contributed by atoms with Gasteiger partial charge in [-0.15, -0.1) is 6.58 Å². The second kappa shape index (κ2) is 21.1. The summed E-state index contributed by atoms with van der Waals surface area (Å²) >= 11 is 0. The monoisotopic (exact) mass is 740 g/mol. The molecule has 290 valence electrons. The lowest BCUT2D eigenvalue weighted by molar-refractivity contribution is -0.153. The maximum atomic E-state index is 14.3. The summed E-state index contributed by atoms with van der Waals surface area (Å²) < 4.78 is 17.6. The molecule has 1 aromatic rings. The Hall–Kier alpha value is -3.74. The Balaban J connectivity index is 2.36. The summed E-state index contributed by atoms with van der Waals surface area (Å²) in [4.78, 5) is 54.6. The van der Waals surface area contributed by atoms with Crippen molar-refractivity contribution in [1.29, 1.82) is 0 Å². The summed E-state index contributed by atoms with van der Waals surface area (Å²) in [6.07, 6.45) is 9.81. The quantitative estimate of drug-likeness (QED) is 0.0486. The number of hydrogen-bond donors (Lipinski definition) is 3. The van der Waals surface area contributed by atoms with E-state index in [0.717, 1.165) is 5.56 Å². The van der Waals surface area contributed by atoms with Crippen LogP contribution in [0.1, 0.15) is 79.2 Å². The van der Waals surface area contributed by atoms with Crippen LogP contribution in [0.5, 0.6) is 5.75 Å². The molecule has 1 fully saturated rings. The van der Waals surface area contributed by atoms with Crippen molar-refractivity contribution in [2.24, 2.45) is 11.8 Å². The number of benzene rings is 1. The maximum absolute atomic E-state index is 14.3. The summed E-state index contributed by atoms with van der Waals surface area (Å²) in [7, 11) is -0.588. The smallest absolute Gasteiger partial charge is 0.324 e. The summed E-state index contributed by atoms with van der Waals surface area (Å²) in [5.41, 5.74) is 3.84. The molecule has 3 amide bonds. The molecule has 1 aliphatic heterocycles. The number of amides is 3. The number of carbonyl (C=O) groups is 4. The van der Waals surface area contributed by atoms with Crippen LogP contribution in [0.2, 0.25) is 18.1 Å². The van der Waals surface area contributed by atoms with Crippen LogP contribution in [-0.2, 0) is 35.1 Å². The molecule has 5 atom stereocenters.